The van der Waals surface area contributed by atoms with E-state index < -0.39 is 12.9 Å². The van der Waals surface area contributed by atoms with Gasteiger partial charge in [0.25, 0.3) is 0 Å². The third-order valence-corrected chi connectivity index (χ3v) is 2.91. The summed E-state index contributed by atoms with van der Waals surface area (Å²) in [7, 11) is -1.78. The Labute approximate surface area is 115 Å². The van der Waals surface area contributed by atoms with Crippen molar-refractivity contribution >= 4 is 12.6 Å². The minimum atomic E-state index is -1.78. The summed E-state index contributed by atoms with van der Waals surface area (Å²) >= 11 is 0. The molecule has 0 saturated carbocycles. The molecule has 0 fully saturated rings. The quantitative estimate of drug-likeness (QED) is 0.834. The van der Waals surface area contributed by atoms with E-state index in [4.69, 9.17) is 4.74 Å². The molecule has 0 aliphatic rings. The molecule has 20 heavy (non-hydrogen) atoms. The van der Waals surface area contributed by atoms with Crippen molar-refractivity contribution in [3.05, 3.63) is 59.2 Å². The van der Waals surface area contributed by atoms with Crippen LogP contribution in [-0.2, 0) is 6.61 Å². The minimum Gasteiger partial charge on any atom is -0.489 e. The molecule has 3 nitrogen and oxygen atoms in total. The standard InChI is InChI=1S/C14H13BF2O3/c1-9-6-12(4-5-14(9)17)20-8-10-2-3-11(16)7-13(10)15(18)19/h2-7,18-19H,8H2,1H3. The zero-order chi connectivity index (χ0) is 14.7. The van der Waals surface area contributed by atoms with Gasteiger partial charge in [0.2, 0.25) is 0 Å². The van der Waals surface area contributed by atoms with E-state index >= 15 is 0 Å². The third kappa shape index (κ3) is 3.34. The van der Waals surface area contributed by atoms with Crippen LogP contribution < -0.4 is 10.2 Å². The average Bonchev–Trinajstić information content (AvgIpc) is 2.41. The van der Waals surface area contributed by atoms with Crippen LogP contribution in [0.2, 0.25) is 0 Å². The van der Waals surface area contributed by atoms with Crippen LogP contribution in [0, 0.1) is 18.6 Å². The van der Waals surface area contributed by atoms with Crippen molar-refractivity contribution in [2.75, 3.05) is 0 Å². The molecule has 2 rings (SSSR count). The van der Waals surface area contributed by atoms with E-state index in [9.17, 15) is 18.8 Å². The maximum Gasteiger partial charge on any atom is 0.488 e. The highest BCUT2D eigenvalue weighted by Gasteiger charge is 2.17. The van der Waals surface area contributed by atoms with Crippen LogP contribution in [0.15, 0.2) is 36.4 Å². The van der Waals surface area contributed by atoms with E-state index in [1.54, 1.807) is 6.92 Å². The lowest BCUT2D eigenvalue weighted by atomic mass is 9.77. The van der Waals surface area contributed by atoms with Gasteiger partial charge in [-0.25, -0.2) is 8.78 Å². The molecule has 2 aromatic rings. The molecule has 2 aromatic carbocycles. The van der Waals surface area contributed by atoms with Crippen molar-refractivity contribution in [3.63, 3.8) is 0 Å². The van der Waals surface area contributed by atoms with Crippen molar-refractivity contribution in [1.29, 1.82) is 0 Å². The van der Waals surface area contributed by atoms with Crippen LogP contribution >= 0.6 is 0 Å². The molecule has 0 aliphatic carbocycles. The summed E-state index contributed by atoms with van der Waals surface area (Å²) in [6.45, 7) is 1.64. The largest absolute Gasteiger partial charge is 0.489 e. The number of hydrogen-bond donors (Lipinski definition) is 2. The van der Waals surface area contributed by atoms with E-state index in [-0.39, 0.29) is 17.9 Å². The maximum absolute atomic E-state index is 13.1. The Bertz CT molecular complexity index is 617. The second kappa shape index (κ2) is 6.03. The highest BCUT2D eigenvalue weighted by Crippen LogP contribution is 2.17. The Hall–Kier alpha value is -1.92. The maximum atomic E-state index is 13.1. The monoisotopic (exact) mass is 278 g/mol. The smallest absolute Gasteiger partial charge is 0.488 e. The Morgan fingerprint density at radius 3 is 2.50 bits per heavy atom. The molecule has 0 spiro atoms. The van der Waals surface area contributed by atoms with Crippen LogP contribution in [0.1, 0.15) is 11.1 Å². The van der Waals surface area contributed by atoms with Gasteiger partial charge in [0.05, 0.1) is 0 Å². The molecule has 0 saturated heterocycles. The van der Waals surface area contributed by atoms with Crippen LogP contribution in [0.5, 0.6) is 5.75 Å². The predicted octanol–water partition coefficient (Wildman–Crippen LogP) is 1.53. The van der Waals surface area contributed by atoms with E-state index in [2.05, 4.69) is 0 Å². The summed E-state index contributed by atoms with van der Waals surface area (Å²) in [5.41, 5.74) is 0.941. The second-order valence-corrected chi connectivity index (χ2v) is 4.42. The summed E-state index contributed by atoms with van der Waals surface area (Å²) in [6, 6.07) is 7.96. The van der Waals surface area contributed by atoms with Crippen molar-refractivity contribution in [2.24, 2.45) is 0 Å². The summed E-state index contributed by atoms with van der Waals surface area (Å²) in [4.78, 5) is 0. The zero-order valence-electron chi connectivity index (χ0n) is 10.8. The van der Waals surface area contributed by atoms with E-state index in [0.717, 1.165) is 6.07 Å². The molecule has 0 amide bonds. The Balaban J connectivity index is 2.16. The lowest BCUT2D eigenvalue weighted by Gasteiger charge is -2.11. The predicted molar refractivity (Wildman–Crippen MR) is 71.7 cm³/mol. The average molecular weight is 278 g/mol. The number of aryl methyl sites for hydroxylation is 1. The first kappa shape index (κ1) is 14.5. The van der Waals surface area contributed by atoms with Crippen LogP contribution in [-0.4, -0.2) is 17.2 Å². The van der Waals surface area contributed by atoms with Gasteiger partial charge in [0.15, 0.2) is 0 Å². The molecule has 0 heterocycles. The van der Waals surface area contributed by atoms with Crippen molar-refractivity contribution in [3.8, 4) is 5.75 Å². The fourth-order valence-electron chi connectivity index (χ4n) is 1.81. The molecule has 0 atom stereocenters. The lowest BCUT2D eigenvalue weighted by molar-refractivity contribution is 0.305. The fourth-order valence-corrected chi connectivity index (χ4v) is 1.81. The molecule has 0 radical (unpaired) electrons. The molecule has 0 aromatic heterocycles. The van der Waals surface area contributed by atoms with Crippen molar-refractivity contribution < 1.29 is 23.6 Å². The molecule has 2 N–H and O–H groups in total. The van der Waals surface area contributed by atoms with Gasteiger partial charge in [-0.3, -0.25) is 0 Å². The summed E-state index contributed by atoms with van der Waals surface area (Å²) in [6.07, 6.45) is 0. The number of halogens is 2. The summed E-state index contributed by atoms with van der Waals surface area (Å²) in [5.74, 6) is -0.438. The highest BCUT2D eigenvalue weighted by molar-refractivity contribution is 6.59. The number of ether oxygens (including phenoxy) is 1. The molecular formula is C14H13BF2O3. The van der Waals surface area contributed by atoms with E-state index in [0.29, 0.717) is 16.9 Å². The topological polar surface area (TPSA) is 49.7 Å². The Morgan fingerprint density at radius 1 is 1.10 bits per heavy atom. The van der Waals surface area contributed by atoms with Gasteiger partial charge in [-0.1, -0.05) is 6.07 Å². The highest BCUT2D eigenvalue weighted by atomic mass is 19.1. The molecule has 0 unspecified atom stereocenters. The van der Waals surface area contributed by atoms with Gasteiger partial charge in [-0.05, 0) is 53.8 Å². The number of benzene rings is 2. The van der Waals surface area contributed by atoms with Crippen molar-refractivity contribution in [1.82, 2.24) is 0 Å². The molecule has 104 valence electrons. The molecule has 6 heteroatoms. The Kier molecular flexibility index (Phi) is 4.37. The van der Waals surface area contributed by atoms with Gasteiger partial charge in [-0.2, -0.15) is 0 Å². The molecular weight excluding hydrogens is 265 g/mol. The van der Waals surface area contributed by atoms with Gasteiger partial charge in [0, 0.05) is 0 Å². The van der Waals surface area contributed by atoms with Crippen LogP contribution in [0.4, 0.5) is 8.78 Å². The molecule has 0 aliphatic heterocycles. The lowest BCUT2D eigenvalue weighted by Crippen LogP contribution is -2.34. The first-order valence-electron chi connectivity index (χ1n) is 6.01. The summed E-state index contributed by atoms with van der Waals surface area (Å²) < 4.78 is 31.6. The molecule has 0 bridgehead atoms. The Morgan fingerprint density at radius 2 is 1.85 bits per heavy atom. The summed E-state index contributed by atoms with van der Waals surface area (Å²) in [5, 5.41) is 18.4. The second-order valence-electron chi connectivity index (χ2n) is 4.42. The van der Waals surface area contributed by atoms with Crippen LogP contribution in [0.3, 0.4) is 0 Å². The van der Waals surface area contributed by atoms with Crippen LogP contribution in [0.25, 0.3) is 0 Å². The number of hydrogen-bond acceptors (Lipinski definition) is 3. The minimum absolute atomic E-state index is 0.0261. The van der Waals surface area contributed by atoms with Gasteiger partial charge in [-0.15, -0.1) is 0 Å². The third-order valence-electron chi connectivity index (χ3n) is 2.91. The van der Waals surface area contributed by atoms with E-state index in [1.165, 1.54) is 30.3 Å². The SMILES string of the molecule is Cc1cc(OCc2ccc(F)cc2B(O)O)ccc1F. The first-order chi connectivity index (χ1) is 9.47. The number of rotatable bonds is 4. The van der Waals surface area contributed by atoms with E-state index in [1.807, 2.05) is 0 Å². The van der Waals surface area contributed by atoms with Gasteiger partial charge >= 0.3 is 7.12 Å². The fraction of sp³-hybridized carbons (Fsp3) is 0.143. The van der Waals surface area contributed by atoms with Gasteiger partial charge in [0.1, 0.15) is 24.0 Å². The van der Waals surface area contributed by atoms with Crippen molar-refractivity contribution in [2.45, 2.75) is 13.5 Å². The zero-order valence-corrected chi connectivity index (χ0v) is 10.8. The normalized spacial score (nSPS) is 10.4. The first-order valence-corrected chi connectivity index (χ1v) is 6.01. The van der Waals surface area contributed by atoms with Gasteiger partial charge < -0.3 is 14.8 Å².